The van der Waals surface area contributed by atoms with E-state index in [-0.39, 0.29) is 0 Å². The zero-order chi connectivity index (χ0) is 15.5. The van der Waals surface area contributed by atoms with E-state index in [1.807, 2.05) is 13.0 Å². The van der Waals surface area contributed by atoms with Crippen molar-refractivity contribution in [1.29, 1.82) is 0 Å². The van der Waals surface area contributed by atoms with Gasteiger partial charge in [-0.05, 0) is 35.7 Å². The van der Waals surface area contributed by atoms with Gasteiger partial charge in [-0.3, -0.25) is 0 Å². The standard InChI is InChI=1S/C15H19BrN6/c1-11-7-14(20-10-19-11)22-5-3-13(4-6-22)21(2)15-17-8-12(16)9-18-15/h7-10,13H,3-6H2,1-2H3. The van der Waals surface area contributed by atoms with Crippen LogP contribution in [0.3, 0.4) is 0 Å². The second-order valence-corrected chi connectivity index (χ2v) is 6.46. The van der Waals surface area contributed by atoms with Crippen molar-refractivity contribution in [3.63, 3.8) is 0 Å². The van der Waals surface area contributed by atoms with Crippen LogP contribution in [0.5, 0.6) is 0 Å². The monoisotopic (exact) mass is 362 g/mol. The molecule has 116 valence electrons. The lowest BCUT2D eigenvalue weighted by Gasteiger charge is -2.37. The van der Waals surface area contributed by atoms with Crippen LogP contribution in [0, 0.1) is 6.92 Å². The normalized spacial score (nSPS) is 15.9. The second kappa shape index (κ2) is 6.56. The lowest BCUT2D eigenvalue weighted by Crippen LogP contribution is -2.44. The van der Waals surface area contributed by atoms with Crippen molar-refractivity contribution in [2.24, 2.45) is 0 Å². The average Bonchev–Trinajstić information content (AvgIpc) is 2.55. The number of aromatic nitrogens is 4. The minimum atomic E-state index is 0.459. The summed E-state index contributed by atoms with van der Waals surface area (Å²) < 4.78 is 0.901. The quantitative estimate of drug-likeness (QED) is 0.835. The molecule has 22 heavy (non-hydrogen) atoms. The number of aryl methyl sites for hydroxylation is 1. The number of hydrogen-bond acceptors (Lipinski definition) is 6. The number of nitrogens with zero attached hydrogens (tertiary/aromatic N) is 6. The van der Waals surface area contributed by atoms with Crippen LogP contribution in [-0.2, 0) is 0 Å². The van der Waals surface area contributed by atoms with Crippen LogP contribution in [0.1, 0.15) is 18.5 Å². The second-order valence-electron chi connectivity index (χ2n) is 5.55. The van der Waals surface area contributed by atoms with Crippen molar-refractivity contribution >= 4 is 27.7 Å². The van der Waals surface area contributed by atoms with Gasteiger partial charge in [-0.15, -0.1) is 0 Å². The summed E-state index contributed by atoms with van der Waals surface area (Å²) in [6.07, 6.45) is 7.35. The third-order valence-corrected chi connectivity index (χ3v) is 4.46. The van der Waals surface area contributed by atoms with Crippen molar-refractivity contribution in [1.82, 2.24) is 19.9 Å². The summed E-state index contributed by atoms with van der Waals surface area (Å²) in [4.78, 5) is 21.8. The SMILES string of the molecule is Cc1cc(N2CCC(N(C)c3ncc(Br)cn3)CC2)ncn1. The summed E-state index contributed by atoms with van der Waals surface area (Å²) in [6.45, 7) is 3.97. The summed E-state index contributed by atoms with van der Waals surface area (Å²) >= 11 is 3.37. The van der Waals surface area contributed by atoms with E-state index in [4.69, 9.17) is 0 Å². The predicted octanol–water partition coefficient (Wildman–Crippen LogP) is 2.44. The van der Waals surface area contributed by atoms with Gasteiger partial charge >= 0.3 is 0 Å². The van der Waals surface area contributed by atoms with Gasteiger partial charge in [-0.2, -0.15) is 0 Å². The Bertz CT molecular complexity index is 624. The van der Waals surface area contributed by atoms with Crippen LogP contribution in [0.2, 0.25) is 0 Å². The molecule has 1 fully saturated rings. The van der Waals surface area contributed by atoms with Gasteiger partial charge < -0.3 is 9.80 Å². The molecule has 0 N–H and O–H groups in total. The Kier molecular flexibility index (Phi) is 4.52. The van der Waals surface area contributed by atoms with Crippen molar-refractivity contribution in [3.8, 4) is 0 Å². The van der Waals surface area contributed by atoms with Gasteiger partial charge in [0.05, 0.1) is 4.47 Å². The van der Waals surface area contributed by atoms with E-state index in [1.165, 1.54) is 0 Å². The van der Waals surface area contributed by atoms with Crippen LogP contribution < -0.4 is 9.80 Å². The first-order valence-corrected chi connectivity index (χ1v) is 8.17. The van der Waals surface area contributed by atoms with Gasteiger partial charge in [-0.1, -0.05) is 0 Å². The molecule has 3 heterocycles. The Morgan fingerprint density at radius 2 is 1.82 bits per heavy atom. The maximum Gasteiger partial charge on any atom is 0.225 e. The molecule has 0 saturated carbocycles. The third-order valence-electron chi connectivity index (χ3n) is 4.05. The van der Waals surface area contributed by atoms with Crippen LogP contribution in [0.25, 0.3) is 0 Å². The molecule has 0 bridgehead atoms. The molecule has 1 aliphatic heterocycles. The molecule has 6 nitrogen and oxygen atoms in total. The molecule has 2 aromatic heterocycles. The predicted molar refractivity (Wildman–Crippen MR) is 90.1 cm³/mol. The molecule has 1 aliphatic rings. The molecular formula is C15H19BrN6. The zero-order valence-electron chi connectivity index (χ0n) is 12.8. The van der Waals surface area contributed by atoms with Crippen molar-refractivity contribution in [3.05, 3.63) is 35.0 Å². The van der Waals surface area contributed by atoms with Gasteiger partial charge in [0, 0.05) is 50.3 Å². The minimum Gasteiger partial charge on any atom is -0.356 e. The lowest BCUT2D eigenvalue weighted by atomic mass is 10.0. The van der Waals surface area contributed by atoms with E-state index in [0.717, 1.165) is 47.9 Å². The van der Waals surface area contributed by atoms with Gasteiger partial charge in [0.15, 0.2) is 0 Å². The topological polar surface area (TPSA) is 58.0 Å². The summed E-state index contributed by atoms with van der Waals surface area (Å²) in [5, 5.41) is 0. The molecule has 0 atom stereocenters. The average molecular weight is 363 g/mol. The number of rotatable bonds is 3. The first kappa shape index (κ1) is 15.1. The summed E-state index contributed by atoms with van der Waals surface area (Å²) in [7, 11) is 2.07. The molecule has 7 heteroatoms. The zero-order valence-corrected chi connectivity index (χ0v) is 14.4. The fourth-order valence-corrected chi connectivity index (χ4v) is 2.95. The maximum absolute atomic E-state index is 4.38. The van der Waals surface area contributed by atoms with E-state index in [1.54, 1.807) is 18.7 Å². The van der Waals surface area contributed by atoms with Crippen molar-refractivity contribution in [2.45, 2.75) is 25.8 Å². The van der Waals surface area contributed by atoms with Crippen LogP contribution in [0.4, 0.5) is 11.8 Å². The largest absolute Gasteiger partial charge is 0.356 e. The smallest absolute Gasteiger partial charge is 0.225 e. The molecule has 0 radical (unpaired) electrons. The minimum absolute atomic E-state index is 0.459. The van der Waals surface area contributed by atoms with Crippen molar-refractivity contribution in [2.75, 3.05) is 29.9 Å². The Balaban J connectivity index is 1.62. The Morgan fingerprint density at radius 1 is 1.14 bits per heavy atom. The third kappa shape index (κ3) is 3.35. The molecule has 0 aromatic carbocycles. The van der Waals surface area contributed by atoms with E-state index in [0.29, 0.717) is 6.04 Å². The number of hydrogen-bond donors (Lipinski definition) is 0. The highest BCUT2D eigenvalue weighted by Gasteiger charge is 2.24. The van der Waals surface area contributed by atoms with E-state index >= 15 is 0 Å². The molecule has 0 unspecified atom stereocenters. The Hall–Kier alpha value is -1.76. The number of halogens is 1. The first-order chi connectivity index (χ1) is 10.6. The summed E-state index contributed by atoms with van der Waals surface area (Å²) in [5.74, 6) is 1.80. The van der Waals surface area contributed by atoms with E-state index in [9.17, 15) is 0 Å². The summed E-state index contributed by atoms with van der Waals surface area (Å²) in [6, 6.07) is 2.50. The molecular weight excluding hydrogens is 344 g/mol. The molecule has 0 amide bonds. The fourth-order valence-electron chi connectivity index (χ4n) is 2.75. The molecule has 2 aromatic rings. The van der Waals surface area contributed by atoms with Crippen LogP contribution in [0.15, 0.2) is 29.3 Å². The highest BCUT2D eigenvalue weighted by atomic mass is 79.9. The molecule has 0 aliphatic carbocycles. The van der Waals surface area contributed by atoms with Crippen LogP contribution in [-0.4, -0.2) is 46.1 Å². The van der Waals surface area contributed by atoms with Gasteiger partial charge in [0.2, 0.25) is 5.95 Å². The fraction of sp³-hybridized carbons (Fsp3) is 0.467. The highest BCUT2D eigenvalue weighted by Crippen LogP contribution is 2.22. The number of piperidine rings is 1. The van der Waals surface area contributed by atoms with Gasteiger partial charge in [-0.25, -0.2) is 19.9 Å². The Labute approximate surface area is 138 Å². The Morgan fingerprint density at radius 3 is 2.45 bits per heavy atom. The first-order valence-electron chi connectivity index (χ1n) is 7.37. The molecule has 3 rings (SSSR count). The van der Waals surface area contributed by atoms with Crippen molar-refractivity contribution < 1.29 is 0 Å². The van der Waals surface area contributed by atoms with Gasteiger partial charge in [0.1, 0.15) is 12.1 Å². The number of anilines is 2. The summed E-state index contributed by atoms with van der Waals surface area (Å²) in [5.41, 5.74) is 1.01. The van der Waals surface area contributed by atoms with Gasteiger partial charge in [0.25, 0.3) is 0 Å². The van der Waals surface area contributed by atoms with E-state index < -0.39 is 0 Å². The van der Waals surface area contributed by atoms with Crippen LogP contribution >= 0.6 is 15.9 Å². The molecule has 0 spiro atoms. The maximum atomic E-state index is 4.38. The van der Waals surface area contributed by atoms with E-state index in [2.05, 4.69) is 52.7 Å². The lowest BCUT2D eigenvalue weighted by molar-refractivity contribution is 0.475. The highest BCUT2D eigenvalue weighted by molar-refractivity contribution is 9.10. The molecule has 1 saturated heterocycles.